The van der Waals surface area contributed by atoms with Gasteiger partial charge in [0.15, 0.2) is 0 Å². The molecule has 27 heavy (non-hydrogen) atoms. The number of methoxy groups -OCH3 is 1. The summed E-state index contributed by atoms with van der Waals surface area (Å²) in [6.07, 6.45) is 5.72. The van der Waals surface area contributed by atoms with Crippen molar-refractivity contribution in [2.24, 2.45) is 17.3 Å². The molecule has 1 aromatic rings. The van der Waals surface area contributed by atoms with E-state index in [1.54, 1.807) is 12.7 Å². The van der Waals surface area contributed by atoms with Crippen LogP contribution in [0.4, 0.5) is 0 Å². The lowest BCUT2D eigenvalue weighted by Crippen LogP contribution is -2.50. The van der Waals surface area contributed by atoms with Crippen molar-refractivity contribution >= 4 is 5.91 Å². The molecule has 5 rings (SSSR count). The van der Waals surface area contributed by atoms with E-state index in [4.69, 9.17) is 4.74 Å². The highest BCUT2D eigenvalue weighted by Crippen LogP contribution is 2.59. The summed E-state index contributed by atoms with van der Waals surface area (Å²) < 4.78 is 5.31. The zero-order valence-corrected chi connectivity index (χ0v) is 16.9. The second kappa shape index (κ2) is 7.31. The summed E-state index contributed by atoms with van der Waals surface area (Å²) in [6, 6.07) is 8.03. The van der Waals surface area contributed by atoms with Crippen molar-refractivity contribution in [1.82, 2.24) is 9.80 Å². The molecule has 3 aliphatic carbocycles. The highest BCUT2D eigenvalue weighted by Gasteiger charge is 2.51. The Hall–Kier alpha value is -1.81. The molecule has 1 aliphatic heterocycles. The van der Waals surface area contributed by atoms with Gasteiger partial charge in [-0.25, -0.2) is 0 Å². The van der Waals surface area contributed by atoms with Crippen molar-refractivity contribution in [1.29, 1.82) is 0 Å². The topological polar surface area (TPSA) is 32.8 Å². The quantitative estimate of drug-likeness (QED) is 0.743. The van der Waals surface area contributed by atoms with Gasteiger partial charge in [-0.2, -0.15) is 0 Å². The first-order valence-corrected chi connectivity index (χ1v) is 10.3. The molecule has 4 nitrogen and oxygen atoms in total. The number of fused-ring (bicyclic) bond motifs is 1. The summed E-state index contributed by atoms with van der Waals surface area (Å²) in [5, 5.41) is 0. The molecule has 1 saturated carbocycles. The van der Waals surface area contributed by atoms with Crippen LogP contribution >= 0.6 is 0 Å². The van der Waals surface area contributed by atoms with Crippen LogP contribution in [-0.2, 0) is 11.3 Å². The maximum atomic E-state index is 12.6. The molecule has 146 valence electrons. The molecule has 4 heteroatoms. The van der Waals surface area contributed by atoms with E-state index in [0.29, 0.717) is 18.4 Å². The van der Waals surface area contributed by atoms with Crippen LogP contribution in [-0.4, -0.2) is 49.0 Å². The van der Waals surface area contributed by atoms with Crippen molar-refractivity contribution in [2.45, 2.75) is 39.7 Å². The SMILES string of the molecule is COc1cccc(CN2CCN(CC3=CC[C@H]4C[C@@H]3C4(C)C)CCC2=O)c1. The van der Waals surface area contributed by atoms with Gasteiger partial charge in [0.1, 0.15) is 5.75 Å². The predicted molar refractivity (Wildman–Crippen MR) is 108 cm³/mol. The van der Waals surface area contributed by atoms with Crippen LogP contribution in [0.1, 0.15) is 38.7 Å². The third kappa shape index (κ3) is 3.64. The van der Waals surface area contributed by atoms with E-state index >= 15 is 0 Å². The normalized spacial score (nSPS) is 27.6. The molecule has 1 heterocycles. The van der Waals surface area contributed by atoms with Gasteiger partial charge in [-0.3, -0.25) is 9.69 Å². The van der Waals surface area contributed by atoms with Crippen LogP contribution in [0.15, 0.2) is 35.9 Å². The number of amides is 1. The zero-order valence-electron chi connectivity index (χ0n) is 16.9. The summed E-state index contributed by atoms with van der Waals surface area (Å²) in [5.74, 6) is 2.75. The Balaban J connectivity index is 1.36. The van der Waals surface area contributed by atoms with Crippen molar-refractivity contribution in [2.75, 3.05) is 33.3 Å². The van der Waals surface area contributed by atoms with Crippen molar-refractivity contribution in [3.8, 4) is 5.75 Å². The van der Waals surface area contributed by atoms with Crippen LogP contribution in [0.25, 0.3) is 0 Å². The largest absolute Gasteiger partial charge is 0.497 e. The number of hydrogen-bond acceptors (Lipinski definition) is 3. The number of hydrogen-bond donors (Lipinski definition) is 0. The van der Waals surface area contributed by atoms with Gasteiger partial charge in [0.05, 0.1) is 7.11 Å². The number of carbonyl (C=O) groups excluding carboxylic acids is 1. The lowest BCUT2D eigenvalue weighted by Gasteiger charge is -2.57. The lowest BCUT2D eigenvalue weighted by atomic mass is 9.49. The number of rotatable bonds is 5. The van der Waals surface area contributed by atoms with Gasteiger partial charge < -0.3 is 9.64 Å². The van der Waals surface area contributed by atoms with Gasteiger partial charge in [0.2, 0.25) is 5.91 Å². The van der Waals surface area contributed by atoms with Gasteiger partial charge in [0.25, 0.3) is 0 Å². The third-order valence-electron chi connectivity index (χ3n) is 7.18. The minimum absolute atomic E-state index is 0.266. The molecule has 0 spiro atoms. The molecule has 0 aromatic heterocycles. The summed E-state index contributed by atoms with van der Waals surface area (Å²) in [7, 11) is 1.68. The second-order valence-corrected chi connectivity index (χ2v) is 9.01. The molecule has 1 aromatic carbocycles. The minimum Gasteiger partial charge on any atom is -0.497 e. The molecule has 0 radical (unpaired) electrons. The molecule has 0 unspecified atom stereocenters. The third-order valence-corrected chi connectivity index (χ3v) is 7.18. The first kappa shape index (κ1) is 18.5. The van der Waals surface area contributed by atoms with Crippen molar-refractivity contribution < 1.29 is 9.53 Å². The standard InChI is InChI=1S/C23H32N2O2/c1-23(2)19-8-7-18(21(23)14-19)16-24-10-9-22(26)25(12-11-24)15-17-5-4-6-20(13-17)27-3/h4-7,13,19,21H,8-12,14-16H2,1-3H3/t19-,21-/m0/s1. The second-order valence-electron chi connectivity index (χ2n) is 9.01. The molecule has 2 bridgehead atoms. The highest BCUT2D eigenvalue weighted by atomic mass is 16.5. The number of ether oxygens (including phenoxy) is 1. The number of nitrogens with zero attached hydrogens (tertiary/aromatic N) is 2. The molecular formula is C23H32N2O2. The maximum absolute atomic E-state index is 12.6. The maximum Gasteiger partial charge on any atom is 0.224 e. The van der Waals surface area contributed by atoms with Crippen molar-refractivity contribution in [3.05, 3.63) is 41.5 Å². The molecule has 2 atom stereocenters. The van der Waals surface area contributed by atoms with E-state index in [-0.39, 0.29) is 5.91 Å². The number of allylic oxidation sites excluding steroid dienone is 1. The summed E-state index contributed by atoms with van der Waals surface area (Å²) in [5.41, 5.74) is 3.23. The Bertz CT molecular complexity index is 740. The van der Waals surface area contributed by atoms with Crippen LogP contribution < -0.4 is 4.74 Å². The Morgan fingerprint density at radius 1 is 1.19 bits per heavy atom. The van der Waals surface area contributed by atoms with E-state index in [2.05, 4.69) is 30.9 Å². The first-order chi connectivity index (χ1) is 13.0. The highest BCUT2D eigenvalue weighted by molar-refractivity contribution is 5.76. The average Bonchev–Trinajstić information content (AvgIpc) is 2.84. The van der Waals surface area contributed by atoms with Gasteiger partial charge in [-0.15, -0.1) is 0 Å². The summed E-state index contributed by atoms with van der Waals surface area (Å²) in [4.78, 5) is 17.1. The smallest absolute Gasteiger partial charge is 0.224 e. The Kier molecular flexibility index (Phi) is 5.02. The van der Waals surface area contributed by atoms with E-state index in [0.717, 1.165) is 49.3 Å². The molecule has 1 amide bonds. The van der Waals surface area contributed by atoms with Crippen molar-refractivity contribution in [3.63, 3.8) is 0 Å². The molecule has 0 N–H and O–H groups in total. The van der Waals surface area contributed by atoms with Gasteiger partial charge in [-0.05, 0) is 47.8 Å². The first-order valence-electron chi connectivity index (χ1n) is 10.3. The predicted octanol–water partition coefficient (Wildman–Crippen LogP) is 3.72. The molecular weight excluding hydrogens is 336 g/mol. The Morgan fingerprint density at radius 2 is 2.04 bits per heavy atom. The monoisotopic (exact) mass is 368 g/mol. The van der Waals surface area contributed by atoms with Gasteiger partial charge in [-0.1, -0.05) is 37.6 Å². The molecule has 2 fully saturated rings. The van der Waals surface area contributed by atoms with Crippen LogP contribution in [0.5, 0.6) is 5.75 Å². The Labute approximate surface area is 163 Å². The zero-order chi connectivity index (χ0) is 19.0. The summed E-state index contributed by atoms with van der Waals surface area (Å²) >= 11 is 0. The Morgan fingerprint density at radius 3 is 2.78 bits per heavy atom. The molecule has 1 saturated heterocycles. The van der Waals surface area contributed by atoms with E-state index in [9.17, 15) is 4.79 Å². The van der Waals surface area contributed by atoms with E-state index in [1.807, 2.05) is 23.1 Å². The fraction of sp³-hybridized carbons (Fsp3) is 0.609. The lowest BCUT2D eigenvalue weighted by molar-refractivity contribution is -0.130. The summed E-state index contributed by atoms with van der Waals surface area (Å²) in [6.45, 7) is 9.22. The van der Waals surface area contributed by atoms with Crippen LogP contribution in [0.2, 0.25) is 0 Å². The molecule has 4 aliphatic rings. The van der Waals surface area contributed by atoms with E-state index < -0.39 is 0 Å². The van der Waals surface area contributed by atoms with Crippen LogP contribution in [0, 0.1) is 17.3 Å². The van der Waals surface area contributed by atoms with Gasteiger partial charge in [0, 0.05) is 39.1 Å². The number of benzene rings is 1. The minimum atomic E-state index is 0.266. The van der Waals surface area contributed by atoms with Gasteiger partial charge >= 0.3 is 0 Å². The van der Waals surface area contributed by atoms with E-state index in [1.165, 1.54) is 12.8 Å². The fourth-order valence-electron chi connectivity index (χ4n) is 5.14. The van der Waals surface area contributed by atoms with Crippen LogP contribution in [0.3, 0.4) is 0 Å². The average molecular weight is 369 g/mol. The number of carbonyl (C=O) groups is 1. The fourth-order valence-corrected chi connectivity index (χ4v) is 5.14.